The lowest BCUT2D eigenvalue weighted by molar-refractivity contribution is -0.117. The first kappa shape index (κ1) is 16.9. The molecule has 26 heavy (non-hydrogen) atoms. The maximum Gasteiger partial charge on any atom is 0.409 e. The molecule has 1 aromatic rings. The highest BCUT2D eigenvalue weighted by molar-refractivity contribution is 6.04. The van der Waals surface area contributed by atoms with Gasteiger partial charge in [0.25, 0.3) is 5.91 Å². The lowest BCUT2D eigenvalue weighted by atomic mass is 9.96. The van der Waals surface area contributed by atoms with E-state index in [2.05, 4.69) is 0 Å². The Labute approximate surface area is 152 Å². The van der Waals surface area contributed by atoms with Crippen LogP contribution in [0.25, 0.3) is 0 Å². The zero-order valence-corrected chi connectivity index (χ0v) is 15.0. The highest BCUT2D eigenvalue weighted by atomic mass is 16.6. The fourth-order valence-electron chi connectivity index (χ4n) is 4.09. The zero-order valence-electron chi connectivity index (χ0n) is 15.0. The average molecular weight is 357 g/mol. The maximum absolute atomic E-state index is 12.9. The monoisotopic (exact) mass is 357 g/mol. The van der Waals surface area contributed by atoms with E-state index in [9.17, 15) is 14.4 Å². The summed E-state index contributed by atoms with van der Waals surface area (Å²) in [6.45, 7) is 4.87. The molecule has 1 aromatic carbocycles. The number of aryl methyl sites for hydroxylation is 1. The predicted molar refractivity (Wildman–Crippen MR) is 95.3 cm³/mol. The first-order chi connectivity index (χ1) is 12.6. The Kier molecular flexibility index (Phi) is 4.30. The van der Waals surface area contributed by atoms with Gasteiger partial charge in [-0.1, -0.05) is 0 Å². The molecule has 0 saturated carbocycles. The zero-order chi connectivity index (χ0) is 18.3. The van der Waals surface area contributed by atoms with Crippen molar-refractivity contribution in [1.82, 2.24) is 9.80 Å². The van der Waals surface area contributed by atoms with Crippen molar-refractivity contribution in [3.05, 3.63) is 28.8 Å². The minimum absolute atomic E-state index is 0.0240. The van der Waals surface area contributed by atoms with Gasteiger partial charge in [0.15, 0.2) is 0 Å². The smallest absolute Gasteiger partial charge is 0.409 e. The van der Waals surface area contributed by atoms with Gasteiger partial charge in [0, 0.05) is 38.3 Å². The topological polar surface area (TPSA) is 70.2 Å². The van der Waals surface area contributed by atoms with Gasteiger partial charge < -0.3 is 19.4 Å². The van der Waals surface area contributed by atoms with Gasteiger partial charge in [-0.05, 0) is 43.0 Å². The molecule has 3 amide bonds. The molecule has 4 rings (SSSR count). The summed E-state index contributed by atoms with van der Waals surface area (Å²) in [6, 6.07) is 3.83. The molecule has 7 heteroatoms. The fraction of sp³-hybridized carbons (Fsp3) is 0.526. The predicted octanol–water partition coefficient (Wildman–Crippen LogP) is 1.44. The van der Waals surface area contributed by atoms with Gasteiger partial charge in [0.1, 0.15) is 0 Å². The van der Waals surface area contributed by atoms with Crippen molar-refractivity contribution in [3.8, 4) is 0 Å². The average Bonchev–Trinajstić information content (AvgIpc) is 2.98. The second-order valence-electron chi connectivity index (χ2n) is 6.95. The third-order valence-electron chi connectivity index (χ3n) is 5.35. The molecule has 0 bridgehead atoms. The summed E-state index contributed by atoms with van der Waals surface area (Å²) in [5.74, 6) is 0.109. The van der Waals surface area contributed by atoms with Crippen molar-refractivity contribution in [3.63, 3.8) is 0 Å². The second kappa shape index (κ2) is 6.63. The number of rotatable bonds is 2. The molecule has 0 aliphatic carbocycles. The van der Waals surface area contributed by atoms with Crippen molar-refractivity contribution >= 4 is 23.6 Å². The maximum atomic E-state index is 12.9. The van der Waals surface area contributed by atoms with Gasteiger partial charge in [-0.2, -0.15) is 0 Å². The Bertz CT molecular complexity index is 768. The minimum atomic E-state index is -0.319. The summed E-state index contributed by atoms with van der Waals surface area (Å²) < 4.78 is 5.02. The standard InChI is InChI=1S/C19H23N3O4/c1-2-26-19(25)21-8-6-20(7-9-21)18(24)15-10-13-4-3-5-22-16(23)12-14(11-15)17(13)22/h10-11H,2-9,12H2,1H3. The first-order valence-electron chi connectivity index (χ1n) is 9.25. The number of hydrogen-bond donors (Lipinski definition) is 0. The summed E-state index contributed by atoms with van der Waals surface area (Å²) in [5, 5.41) is 0. The Morgan fingerprint density at radius 1 is 1.04 bits per heavy atom. The minimum Gasteiger partial charge on any atom is -0.450 e. The van der Waals surface area contributed by atoms with Crippen LogP contribution in [0, 0.1) is 0 Å². The number of nitrogens with zero attached hydrogens (tertiary/aromatic N) is 3. The van der Waals surface area contributed by atoms with Gasteiger partial charge in [0.05, 0.1) is 18.7 Å². The number of hydrogen-bond acceptors (Lipinski definition) is 4. The lowest BCUT2D eigenvalue weighted by Crippen LogP contribution is -2.50. The van der Waals surface area contributed by atoms with Crippen molar-refractivity contribution in [2.45, 2.75) is 26.2 Å². The van der Waals surface area contributed by atoms with Crippen molar-refractivity contribution in [2.75, 3.05) is 44.2 Å². The normalized spacial score (nSPS) is 18.8. The SMILES string of the molecule is CCOC(=O)N1CCN(C(=O)c2cc3c4c(c2)CC(=O)N4CCC3)CC1. The van der Waals surface area contributed by atoms with E-state index in [0.717, 1.165) is 36.2 Å². The molecular weight excluding hydrogens is 334 g/mol. The van der Waals surface area contributed by atoms with Gasteiger partial charge in [-0.3, -0.25) is 9.59 Å². The van der Waals surface area contributed by atoms with E-state index < -0.39 is 0 Å². The molecule has 0 aromatic heterocycles. The number of ether oxygens (including phenoxy) is 1. The van der Waals surface area contributed by atoms with E-state index in [-0.39, 0.29) is 17.9 Å². The molecule has 3 aliphatic heterocycles. The Morgan fingerprint density at radius 2 is 1.73 bits per heavy atom. The van der Waals surface area contributed by atoms with Crippen LogP contribution in [0.1, 0.15) is 34.8 Å². The Hall–Kier alpha value is -2.57. The molecule has 7 nitrogen and oxygen atoms in total. The summed E-state index contributed by atoms with van der Waals surface area (Å²) >= 11 is 0. The number of carbonyl (C=O) groups is 3. The lowest BCUT2D eigenvalue weighted by Gasteiger charge is -2.34. The van der Waals surface area contributed by atoms with Gasteiger partial charge in [-0.25, -0.2) is 4.79 Å². The van der Waals surface area contributed by atoms with Gasteiger partial charge >= 0.3 is 6.09 Å². The van der Waals surface area contributed by atoms with Crippen LogP contribution < -0.4 is 4.90 Å². The van der Waals surface area contributed by atoms with Crippen LogP contribution in [0.4, 0.5) is 10.5 Å². The number of amides is 3. The van der Waals surface area contributed by atoms with E-state index in [0.29, 0.717) is 44.8 Å². The summed E-state index contributed by atoms with van der Waals surface area (Å²) in [4.78, 5) is 42.2. The number of anilines is 1. The van der Waals surface area contributed by atoms with Gasteiger partial charge in [-0.15, -0.1) is 0 Å². The molecule has 138 valence electrons. The first-order valence-corrected chi connectivity index (χ1v) is 9.25. The van der Waals surface area contributed by atoms with Crippen LogP contribution in [-0.2, 0) is 22.4 Å². The van der Waals surface area contributed by atoms with Crippen LogP contribution in [0.2, 0.25) is 0 Å². The summed E-state index contributed by atoms with van der Waals surface area (Å²) in [7, 11) is 0. The molecule has 0 radical (unpaired) electrons. The summed E-state index contributed by atoms with van der Waals surface area (Å²) in [5.41, 5.74) is 3.76. The van der Waals surface area contributed by atoms with Gasteiger partial charge in [0.2, 0.25) is 5.91 Å². The van der Waals surface area contributed by atoms with Crippen LogP contribution in [0.15, 0.2) is 12.1 Å². The fourth-order valence-corrected chi connectivity index (χ4v) is 4.09. The highest BCUT2D eigenvalue weighted by Gasteiger charge is 2.34. The molecule has 3 aliphatic rings. The largest absolute Gasteiger partial charge is 0.450 e. The van der Waals surface area contributed by atoms with Crippen LogP contribution in [0.5, 0.6) is 0 Å². The van der Waals surface area contributed by atoms with Crippen LogP contribution >= 0.6 is 0 Å². The third kappa shape index (κ3) is 2.81. The molecule has 0 atom stereocenters. The van der Waals surface area contributed by atoms with Crippen LogP contribution in [0.3, 0.4) is 0 Å². The number of piperazine rings is 1. The molecule has 0 unspecified atom stereocenters. The van der Waals surface area contributed by atoms with Crippen molar-refractivity contribution < 1.29 is 19.1 Å². The van der Waals surface area contributed by atoms with E-state index in [1.807, 2.05) is 17.0 Å². The van der Waals surface area contributed by atoms with Crippen molar-refractivity contribution in [1.29, 1.82) is 0 Å². The van der Waals surface area contributed by atoms with Crippen LogP contribution in [-0.4, -0.2) is 67.0 Å². The van der Waals surface area contributed by atoms with E-state index >= 15 is 0 Å². The van der Waals surface area contributed by atoms with E-state index in [1.165, 1.54) is 0 Å². The van der Waals surface area contributed by atoms with E-state index in [4.69, 9.17) is 4.74 Å². The quantitative estimate of drug-likeness (QED) is 0.803. The third-order valence-corrected chi connectivity index (χ3v) is 5.35. The molecule has 1 fully saturated rings. The molecule has 3 heterocycles. The molecular formula is C19H23N3O4. The Morgan fingerprint density at radius 3 is 2.46 bits per heavy atom. The molecule has 0 N–H and O–H groups in total. The molecule has 1 saturated heterocycles. The van der Waals surface area contributed by atoms with Crippen molar-refractivity contribution in [2.24, 2.45) is 0 Å². The Balaban J connectivity index is 1.49. The number of carbonyl (C=O) groups excluding carboxylic acids is 3. The summed E-state index contributed by atoms with van der Waals surface area (Å²) in [6.07, 6.45) is 1.91. The number of benzene rings is 1. The molecule has 0 spiro atoms. The van der Waals surface area contributed by atoms with E-state index in [1.54, 1.807) is 16.7 Å². The second-order valence-corrected chi connectivity index (χ2v) is 6.95. The highest BCUT2D eigenvalue weighted by Crippen LogP contribution is 2.37.